The van der Waals surface area contributed by atoms with E-state index in [-0.39, 0.29) is 5.91 Å². The van der Waals surface area contributed by atoms with Gasteiger partial charge in [0.25, 0.3) is 5.91 Å². The first-order valence-corrected chi connectivity index (χ1v) is 10.0. The van der Waals surface area contributed by atoms with E-state index in [1.807, 2.05) is 24.3 Å². The Hall–Kier alpha value is -3.59. The monoisotopic (exact) mass is 424 g/mol. The molecule has 0 unspecified atom stereocenters. The number of hydrogen-bond acceptors (Lipinski definition) is 6. The quantitative estimate of drug-likeness (QED) is 0.439. The van der Waals surface area contributed by atoms with Gasteiger partial charge in [-0.3, -0.25) is 9.59 Å². The van der Waals surface area contributed by atoms with Gasteiger partial charge in [0, 0.05) is 17.0 Å². The maximum Gasteiger partial charge on any atom is 0.268 e. The lowest BCUT2D eigenvalue weighted by molar-refractivity contribution is -0.117. The smallest absolute Gasteiger partial charge is 0.268 e. The van der Waals surface area contributed by atoms with Crippen LogP contribution in [-0.4, -0.2) is 42.0 Å². The molecule has 0 radical (unpaired) electrons. The van der Waals surface area contributed by atoms with E-state index in [1.165, 1.54) is 11.3 Å². The number of methoxy groups -OCH3 is 2. The summed E-state index contributed by atoms with van der Waals surface area (Å²) in [7, 11) is 3.10. The van der Waals surface area contributed by atoms with Crippen molar-refractivity contribution in [3.63, 3.8) is 0 Å². The van der Waals surface area contributed by atoms with Gasteiger partial charge in [0.15, 0.2) is 16.6 Å². The molecular formula is C21H20N4O4S. The van der Waals surface area contributed by atoms with Crippen molar-refractivity contribution in [3.8, 4) is 11.5 Å². The number of anilines is 1. The maximum absolute atomic E-state index is 12.6. The van der Waals surface area contributed by atoms with Gasteiger partial charge in [0.2, 0.25) is 5.91 Å². The zero-order valence-corrected chi connectivity index (χ0v) is 17.4. The van der Waals surface area contributed by atoms with Gasteiger partial charge in [-0.25, -0.2) is 4.98 Å². The summed E-state index contributed by atoms with van der Waals surface area (Å²) >= 11 is 1.38. The Labute approximate surface area is 176 Å². The zero-order valence-electron chi connectivity index (χ0n) is 16.6. The molecule has 9 heteroatoms. The summed E-state index contributed by atoms with van der Waals surface area (Å²) in [4.78, 5) is 32.5. The van der Waals surface area contributed by atoms with Crippen LogP contribution in [0.3, 0.4) is 0 Å². The van der Waals surface area contributed by atoms with Crippen LogP contribution in [0, 0.1) is 0 Å². The Morgan fingerprint density at radius 1 is 1.10 bits per heavy atom. The average molecular weight is 424 g/mol. The van der Waals surface area contributed by atoms with Crippen molar-refractivity contribution in [3.05, 3.63) is 48.2 Å². The molecule has 0 fully saturated rings. The molecule has 4 rings (SSSR count). The number of rotatable bonds is 6. The predicted molar refractivity (Wildman–Crippen MR) is 117 cm³/mol. The number of nitrogens with zero attached hydrogens (tertiary/aromatic N) is 1. The molecule has 2 aromatic heterocycles. The van der Waals surface area contributed by atoms with E-state index in [4.69, 9.17) is 9.47 Å². The molecule has 4 aromatic rings. The van der Waals surface area contributed by atoms with Gasteiger partial charge in [-0.05, 0) is 31.2 Å². The number of fused-ring (bicyclic) bond motifs is 2. The van der Waals surface area contributed by atoms with E-state index < -0.39 is 11.9 Å². The number of para-hydroxylation sites is 1. The fourth-order valence-electron chi connectivity index (χ4n) is 3.06. The molecule has 154 valence electrons. The van der Waals surface area contributed by atoms with E-state index in [0.29, 0.717) is 22.3 Å². The van der Waals surface area contributed by atoms with Crippen molar-refractivity contribution in [1.82, 2.24) is 15.3 Å². The third-order valence-corrected chi connectivity index (χ3v) is 5.59. The van der Waals surface area contributed by atoms with E-state index in [1.54, 1.807) is 39.3 Å². The van der Waals surface area contributed by atoms with Crippen molar-refractivity contribution in [1.29, 1.82) is 0 Å². The van der Waals surface area contributed by atoms with Crippen LogP contribution in [0.25, 0.3) is 21.1 Å². The van der Waals surface area contributed by atoms with E-state index >= 15 is 0 Å². The predicted octanol–water partition coefficient (Wildman–Crippen LogP) is 3.55. The highest BCUT2D eigenvalue weighted by Crippen LogP contribution is 2.32. The molecular weight excluding hydrogens is 404 g/mol. The van der Waals surface area contributed by atoms with Crippen LogP contribution in [-0.2, 0) is 4.79 Å². The zero-order chi connectivity index (χ0) is 21.3. The Balaban J connectivity index is 1.46. The van der Waals surface area contributed by atoms with Crippen molar-refractivity contribution < 1.29 is 19.1 Å². The fraction of sp³-hybridized carbons (Fsp3) is 0.190. The Morgan fingerprint density at radius 2 is 1.83 bits per heavy atom. The van der Waals surface area contributed by atoms with E-state index in [0.717, 1.165) is 21.1 Å². The van der Waals surface area contributed by atoms with Crippen LogP contribution >= 0.6 is 11.3 Å². The topological polar surface area (TPSA) is 105 Å². The number of carbonyl (C=O) groups excluding carboxylic acids is 2. The molecule has 0 saturated heterocycles. The molecule has 0 aliphatic carbocycles. The highest BCUT2D eigenvalue weighted by molar-refractivity contribution is 7.22. The lowest BCUT2D eigenvalue weighted by atomic mass is 10.2. The third-order valence-electron chi connectivity index (χ3n) is 4.63. The standard InChI is InChI=1S/C21H20N4O4S/c1-11(19(26)25-21-24-13-6-4-5-7-18(13)30-21)22-20(27)15-8-12-9-16(28-2)17(29-3)10-14(12)23-15/h4-11,23H,1-3H3,(H,22,27)(H,24,25,26)/t11-/m0/s1. The normalized spacial score (nSPS) is 12.0. The Morgan fingerprint density at radius 3 is 2.57 bits per heavy atom. The van der Waals surface area contributed by atoms with Crippen molar-refractivity contribution in [2.75, 3.05) is 19.5 Å². The van der Waals surface area contributed by atoms with Gasteiger partial charge in [-0.15, -0.1) is 0 Å². The number of benzene rings is 2. The Kier molecular flexibility index (Phi) is 5.28. The van der Waals surface area contributed by atoms with E-state index in [9.17, 15) is 9.59 Å². The number of hydrogen-bond donors (Lipinski definition) is 3. The minimum absolute atomic E-state index is 0.333. The first-order chi connectivity index (χ1) is 14.5. The molecule has 0 spiro atoms. The molecule has 2 amide bonds. The number of H-pyrrole nitrogens is 1. The summed E-state index contributed by atoms with van der Waals surface area (Å²) in [5.41, 5.74) is 1.88. The van der Waals surface area contributed by atoms with Crippen LogP contribution in [0.2, 0.25) is 0 Å². The number of amides is 2. The number of ether oxygens (including phenoxy) is 2. The summed E-state index contributed by atoms with van der Waals surface area (Å²) < 4.78 is 11.6. The maximum atomic E-state index is 12.6. The molecule has 2 heterocycles. The molecule has 3 N–H and O–H groups in total. The fourth-order valence-corrected chi connectivity index (χ4v) is 3.93. The van der Waals surface area contributed by atoms with Gasteiger partial charge < -0.3 is 25.1 Å². The van der Waals surface area contributed by atoms with Crippen LogP contribution in [0.4, 0.5) is 5.13 Å². The average Bonchev–Trinajstić information content (AvgIpc) is 3.35. The summed E-state index contributed by atoms with van der Waals surface area (Å²) in [6, 6.07) is 12.1. The largest absolute Gasteiger partial charge is 0.493 e. The number of nitrogens with one attached hydrogen (secondary N) is 3. The summed E-state index contributed by atoms with van der Waals surface area (Å²) in [5.74, 6) is 0.389. The van der Waals surface area contributed by atoms with Gasteiger partial charge >= 0.3 is 0 Å². The molecule has 2 aromatic carbocycles. The number of aromatic amines is 1. The SMILES string of the molecule is COc1cc2cc(C(=O)N[C@@H](C)C(=O)Nc3nc4ccccc4s3)[nH]c2cc1OC. The number of aromatic nitrogens is 2. The van der Waals surface area contributed by atoms with Crippen LogP contribution in [0.5, 0.6) is 11.5 Å². The van der Waals surface area contributed by atoms with Crippen LogP contribution in [0.1, 0.15) is 17.4 Å². The molecule has 30 heavy (non-hydrogen) atoms. The molecule has 0 aliphatic rings. The molecule has 0 bridgehead atoms. The lowest BCUT2D eigenvalue weighted by Crippen LogP contribution is -2.41. The van der Waals surface area contributed by atoms with Crippen molar-refractivity contribution >= 4 is 49.4 Å². The second-order valence-corrected chi connectivity index (χ2v) is 7.68. The summed E-state index contributed by atoms with van der Waals surface area (Å²) in [6.07, 6.45) is 0. The van der Waals surface area contributed by atoms with Gasteiger partial charge in [-0.2, -0.15) is 0 Å². The Bertz CT molecular complexity index is 1170. The first kappa shape index (κ1) is 19.7. The van der Waals surface area contributed by atoms with Crippen LogP contribution < -0.4 is 20.1 Å². The molecule has 0 aliphatic heterocycles. The molecule has 1 atom stereocenters. The van der Waals surface area contributed by atoms with E-state index in [2.05, 4.69) is 20.6 Å². The van der Waals surface area contributed by atoms with Crippen molar-refractivity contribution in [2.45, 2.75) is 13.0 Å². The third kappa shape index (κ3) is 3.79. The highest BCUT2D eigenvalue weighted by Gasteiger charge is 2.20. The van der Waals surface area contributed by atoms with Gasteiger partial charge in [0.1, 0.15) is 11.7 Å². The van der Waals surface area contributed by atoms with Gasteiger partial charge in [0.05, 0.1) is 24.4 Å². The molecule has 8 nitrogen and oxygen atoms in total. The first-order valence-electron chi connectivity index (χ1n) is 9.20. The number of thiazole rings is 1. The lowest BCUT2D eigenvalue weighted by Gasteiger charge is -2.12. The second kappa shape index (κ2) is 8.03. The van der Waals surface area contributed by atoms with Crippen molar-refractivity contribution in [2.24, 2.45) is 0 Å². The highest BCUT2D eigenvalue weighted by atomic mass is 32.1. The minimum atomic E-state index is -0.750. The summed E-state index contributed by atoms with van der Waals surface area (Å²) in [5, 5.41) is 6.74. The second-order valence-electron chi connectivity index (χ2n) is 6.65. The van der Waals surface area contributed by atoms with Gasteiger partial charge in [-0.1, -0.05) is 23.5 Å². The minimum Gasteiger partial charge on any atom is -0.493 e. The summed E-state index contributed by atoms with van der Waals surface area (Å²) in [6.45, 7) is 1.62. The molecule has 0 saturated carbocycles. The van der Waals surface area contributed by atoms with Crippen LogP contribution in [0.15, 0.2) is 42.5 Å². The number of carbonyl (C=O) groups is 2.